The predicted molar refractivity (Wildman–Crippen MR) is 123 cm³/mol. The van der Waals surface area contributed by atoms with Gasteiger partial charge in [-0.3, -0.25) is 9.48 Å². The van der Waals surface area contributed by atoms with Crippen molar-refractivity contribution in [3.63, 3.8) is 0 Å². The summed E-state index contributed by atoms with van der Waals surface area (Å²) in [6.45, 7) is 7.03. The van der Waals surface area contributed by atoms with Gasteiger partial charge in [0.2, 0.25) is 0 Å². The molecule has 0 aliphatic carbocycles. The van der Waals surface area contributed by atoms with Crippen molar-refractivity contribution < 1.29 is 23.8 Å². The van der Waals surface area contributed by atoms with Crippen LogP contribution in [0.5, 0.6) is 5.75 Å². The van der Waals surface area contributed by atoms with Crippen molar-refractivity contribution in [2.75, 3.05) is 33.5 Å². The Kier molecular flexibility index (Phi) is 7.02. The lowest BCUT2D eigenvalue weighted by Gasteiger charge is -2.36. The highest BCUT2D eigenvalue weighted by atomic mass is 16.5. The van der Waals surface area contributed by atoms with Gasteiger partial charge < -0.3 is 19.5 Å². The summed E-state index contributed by atoms with van der Waals surface area (Å²) >= 11 is 0. The number of benzene rings is 1. The van der Waals surface area contributed by atoms with E-state index in [-0.39, 0.29) is 23.8 Å². The fourth-order valence-electron chi connectivity index (χ4n) is 4.83. The zero-order valence-corrected chi connectivity index (χ0v) is 19.7. The van der Waals surface area contributed by atoms with Gasteiger partial charge in [-0.2, -0.15) is 5.10 Å². The van der Waals surface area contributed by atoms with Crippen LogP contribution >= 0.6 is 0 Å². The van der Waals surface area contributed by atoms with Crippen molar-refractivity contribution in [3.8, 4) is 5.75 Å². The van der Waals surface area contributed by atoms with E-state index in [0.717, 1.165) is 43.7 Å². The van der Waals surface area contributed by atoms with Crippen molar-refractivity contribution >= 4 is 11.9 Å². The molecule has 0 unspecified atom stereocenters. The normalized spacial score (nSPS) is 18.2. The largest absolute Gasteiger partial charge is 0.496 e. The number of fused-ring (bicyclic) bond motifs is 1. The van der Waals surface area contributed by atoms with Crippen molar-refractivity contribution in [3.05, 3.63) is 46.8 Å². The summed E-state index contributed by atoms with van der Waals surface area (Å²) in [5, 5.41) is 7.93. The van der Waals surface area contributed by atoms with E-state index in [2.05, 4.69) is 5.32 Å². The number of carbonyl (C=O) groups is 2. The molecule has 1 amide bonds. The van der Waals surface area contributed by atoms with Crippen LogP contribution in [0.2, 0.25) is 0 Å². The van der Waals surface area contributed by atoms with Gasteiger partial charge in [-0.05, 0) is 56.1 Å². The third kappa shape index (κ3) is 4.90. The maximum absolute atomic E-state index is 13.0. The second-order valence-corrected chi connectivity index (χ2v) is 9.17. The highest BCUT2D eigenvalue weighted by molar-refractivity contribution is 5.95. The third-order valence-corrected chi connectivity index (χ3v) is 6.75. The highest BCUT2D eigenvalue weighted by Gasteiger charge is 2.39. The number of methoxy groups -OCH3 is 1. The van der Waals surface area contributed by atoms with Crippen LogP contribution in [0, 0.1) is 11.3 Å². The molecule has 1 N–H and O–H groups in total. The van der Waals surface area contributed by atoms with E-state index in [4.69, 9.17) is 19.3 Å². The molecule has 1 saturated heterocycles. The average Bonchev–Trinajstić information content (AvgIpc) is 3.10. The molecule has 0 saturated carbocycles. The molecular formula is C25H33N3O5. The van der Waals surface area contributed by atoms with Crippen LogP contribution < -0.4 is 10.1 Å². The van der Waals surface area contributed by atoms with Crippen LogP contribution in [0.3, 0.4) is 0 Å². The van der Waals surface area contributed by atoms with E-state index >= 15 is 0 Å². The third-order valence-electron chi connectivity index (χ3n) is 6.75. The van der Waals surface area contributed by atoms with Gasteiger partial charge in [0.25, 0.3) is 5.91 Å². The number of nitrogens with zero attached hydrogens (tertiary/aromatic N) is 2. The number of aryl methyl sites for hydroxylation is 1. The van der Waals surface area contributed by atoms with Crippen LogP contribution in [-0.2, 0) is 28.9 Å². The van der Waals surface area contributed by atoms with E-state index in [1.807, 2.05) is 24.6 Å². The van der Waals surface area contributed by atoms with Crippen molar-refractivity contribution in [2.24, 2.45) is 11.3 Å². The second kappa shape index (κ2) is 9.95. The first kappa shape index (κ1) is 23.3. The van der Waals surface area contributed by atoms with E-state index in [1.54, 1.807) is 18.2 Å². The minimum atomic E-state index is -0.405. The van der Waals surface area contributed by atoms with E-state index in [9.17, 15) is 9.59 Å². The molecule has 0 radical (unpaired) electrons. The molecule has 0 bridgehead atoms. The summed E-state index contributed by atoms with van der Waals surface area (Å²) in [6, 6.07) is 7.03. The first-order chi connectivity index (χ1) is 16.0. The molecule has 8 nitrogen and oxygen atoms in total. The lowest BCUT2D eigenvalue weighted by Crippen LogP contribution is -2.40. The second-order valence-electron chi connectivity index (χ2n) is 9.17. The number of amides is 1. The van der Waals surface area contributed by atoms with E-state index < -0.39 is 5.97 Å². The number of esters is 1. The van der Waals surface area contributed by atoms with Gasteiger partial charge in [0.15, 0.2) is 0 Å². The molecule has 33 heavy (non-hydrogen) atoms. The van der Waals surface area contributed by atoms with Crippen LogP contribution in [-0.4, -0.2) is 55.1 Å². The minimum Gasteiger partial charge on any atom is -0.496 e. The molecule has 1 fully saturated rings. The first-order valence-electron chi connectivity index (χ1n) is 11.7. The van der Waals surface area contributed by atoms with Gasteiger partial charge >= 0.3 is 5.97 Å². The monoisotopic (exact) mass is 455 g/mol. The fraction of sp³-hybridized carbons (Fsp3) is 0.560. The molecule has 2 aliphatic heterocycles. The molecular weight excluding hydrogens is 422 g/mol. The van der Waals surface area contributed by atoms with Gasteiger partial charge in [-0.15, -0.1) is 0 Å². The van der Waals surface area contributed by atoms with Gasteiger partial charge in [-0.1, -0.05) is 19.1 Å². The van der Waals surface area contributed by atoms with E-state index in [0.29, 0.717) is 36.5 Å². The summed E-state index contributed by atoms with van der Waals surface area (Å²) in [5.74, 6) is 0.0850. The van der Waals surface area contributed by atoms with Gasteiger partial charge in [0, 0.05) is 31.9 Å². The standard InChI is InChI=1S/C25H33N3O5/c1-4-28-22-19(14-25(16-26-23(22)29)9-11-32-12-10-25)20(27-28)13-17(2)15-33-24(30)18-7-5-6-8-21(18)31-3/h5-8,17H,4,9-16H2,1-3H3,(H,26,29)/t17-/m1/s1. The van der Waals surface area contributed by atoms with Gasteiger partial charge in [0.1, 0.15) is 17.0 Å². The summed E-state index contributed by atoms with van der Waals surface area (Å²) < 4.78 is 18.3. The SMILES string of the molecule is CCn1nc(C[C@@H](C)COC(=O)c2ccccc2OC)c2c1C(=O)NCC1(CCOCC1)C2. The Hall–Kier alpha value is -2.87. The molecule has 1 spiro atoms. The first-order valence-corrected chi connectivity index (χ1v) is 11.7. The van der Waals surface area contributed by atoms with Crippen LogP contribution in [0.25, 0.3) is 0 Å². The predicted octanol–water partition coefficient (Wildman–Crippen LogP) is 3.03. The Morgan fingerprint density at radius 2 is 2.06 bits per heavy atom. The zero-order valence-electron chi connectivity index (χ0n) is 19.7. The number of nitrogens with one attached hydrogen (secondary N) is 1. The molecule has 3 heterocycles. The van der Waals surface area contributed by atoms with Crippen molar-refractivity contribution in [1.82, 2.24) is 15.1 Å². The lowest BCUT2D eigenvalue weighted by atomic mass is 9.75. The molecule has 1 aromatic carbocycles. The number of aromatic nitrogens is 2. The summed E-state index contributed by atoms with van der Waals surface area (Å²) in [7, 11) is 1.53. The Balaban J connectivity index is 1.50. The number of rotatable bonds is 7. The Labute approximate surface area is 194 Å². The number of hydrogen-bond acceptors (Lipinski definition) is 6. The number of carbonyl (C=O) groups excluding carboxylic acids is 2. The van der Waals surface area contributed by atoms with Gasteiger partial charge in [-0.25, -0.2) is 4.79 Å². The Morgan fingerprint density at radius 1 is 1.30 bits per heavy atom. The zero-order chi connectivity index (χ0) is 23.4. The van der Waals surface area contributed by atoms with Crippen molar-refractivity contribution in [2.45, 2.75) is 46.1 Å². The number of ether oxygens (including phenoxy) is 3. The summed E-state index contributed by atoms with van der Waals surface area (Å²) in [4.78, 5) is 25.5. The Morgan fingerprint density at radius 3 is 2.79 bits per heavy atom. The highest BCUT2D eigenvalue weighted by Crippen LogP contribution is 2.38. The summed E-state index contributed by atoms with van der Waals surface area (Å²) in [6.07, 6.45) is 3.30. The van der Waals surface area contributed by atoms with E-state index in [1.165, 1.54) is 7.11 Å². The number of para-hydroxylation sites is 1. The lowest BCUT2D eigenvalue weighted by molar-refractivity contribution is 0.0160. The minimum absolute atomic E-state index is 0.00901. The molecule has 2 aliphatic rings. The molecule has 1 atom stereocenters. The topological polar surface area (TPSA) is 91.7 Å². The molecule has 2 aromatic rings. The quantitative estimate of drug-likeness (QED) is 0.646. The molecule has 8 heteroatoms. The van der Waals surface area contributed by atoms with Crippen LogP contribution in [0.4, 0.5) is 0 Å². The maximum atomic E-state index is 13.0. The fourth-order valence-corrected chi connectivity index (χ4v) is 4.83. The van der Waals surface area contributed by atoms with Crippen LogP contribution in [0.15, 0.2) is 24.3 Å². The summed E-state index contributed by atoms with van der Waals surface area (Å²) in [5.41, 5.74) is 3.06. The molecule has 1 aromatic heterocycles. The smallest absolute Gasteiger partial charge is 0.341 e. The average molecular weight is 456 g/mol. The molecule has 4 rings (SSSR count). The van der Waals surface area contributed by atoms with Gasteiger partial charge in [0.05, 0.1) is 19.4 Å². The number of hydrogen-bond donors (Lipinski definition) is 1. The molecule has 178 valence electrons. The van der Waals surface area contributed by atoms with Crippen molar-refractivity contribution in [1.29, 1.82) is 0 Å². The van der Waals surface area contributed by atoms with Crippen LogP contribution in [0.1, 0.15) is 58.8 Å². The Bertz CT molecular complexity index is 1010. The maximum Gasteiger partial charge on any atom is 0.341 e.